The number of halogens is 1. The van der Waals surface area contributed by atoms with Crippen LogP contribution in [0.4, 0.5) is 4.39 Å². The highest BCUT2D eigenvalue weighted by molar-refractivity contribution is 5.75. The summed E-state index contributed by atoms with van der Waals surface area (Å²) in [7, 11) is 0. The van der Waals surface area contributed by atoms with Gasteiger partial charge in [0.1, 0.15) is 11.6 Å². The maximum absolute atomic E-state index is 12.9. The summed E-state index contributed by atoms with van der Waals surface area (Å²) in [6.07, 6.45) is 0.935. The summed E-state index contributed by atoms with van der Waals surface area (Å²) in [5.74, 6) is 0.0939. The maximum atomic E-state index is 12.9. The molecule has 0 aliphatic heterocycles. The second-order valence-electron chi connectivity index (χ2n) is 4.96. The molecular weight excluding hydrogens is 283 g/mol. The van der Waals surface area contributed by atoms with Crippen molar-refractivity contribution in [1.82, 2.24) is 10.3 Å². The van der Waals surface area contributed by atoms with Crippen LogP contribution in [-0.4, -0.2) is 17.5 Å². The second-order valence-corrected chi connectivity index (χ2v) is 4.96. The molecule has 4 nitrogen and oxygen atoms in total. The van der Waals surface area contributed by atoms with Crippen LogP contribution in [0, 0.1) is 12.7 Å². The predicted molar refractivity (Wildman–Crippen MR) is 81.9 cm³/mol. The number of pyridine rings is 1. The maximum Gasteiger partial charge on any atom is 0.220 e. The standard InChI is InChI=1S/C17H19FN2O2/c1-13-5-2-7-15(20-13)12-19-17(21)9-4-10-22-16-8-3-6-14(18)11-16/h2-3,5-8,11H,4,9-10,12H2,1H3,(H,19,21). The zero-order valence-electron chi connectivity index (χ0n) is 12.5. The summed E-state index contributed by atoms with van der Waals surface area (Å²) in [5.41, 5.74) is 1.76. The molecule has 1 N–H and O–H groups in total. The first kappa shape index (κ1) is 15.9. The summed E-state index contributed by atoms with van der Waals surface area (Å²) in [6.45, 7) is 2.71. The molecule has 0 unspecified atom stereocenters. The Kier molecular flexibility index (Phi) is 5.89. The Morgan fingerprint density at radius 2 is 2.09 bits per heavy atom. The number of aryl methyl sites for hydroxylation is 1. The molecule has 22 heavy (non-hydrogen) atoms. The van der Waals surface area contributed by atoms with Crippen molar-refractivity contribution >= 4 is 5.91 Å². The van der Waals surface area contributed by atoms with E-state index in [1.807, 2.05) is 25.1 Å². The molecule has 0 atom stereocenters. The number of amides is 1. The van der Waals surface area contributed by atoms with Crippen LogP contribution in [0.1, 0.15) is 24.2 Å². The van der Waals surface area contributed by atoms with E-state index in [2.05, 4.69) is 10.3 Å². The lowest BCUT2D eigenvalue weighted by atomic mass is 10.3. The van der Waals surface area contributed by atoms with Gasteiger partial charge < -0.3 is 10.1 Å². The van der Waals surface area contributed by atoms with Crippen molar-refractivity contribution in [2.75, 3.05) is 6.61 Å². The number of rotatable bonds is 7. The molecular formula is C17H19FN2O2. The normalized spacial score (nSPS) is 10.3. The molecule has 2 rings (SSSR count). The number of carbonyl (C=O) groups excluding carboxylic acids is 1. The molecule has 116 valence electrons. The van der Waals surface area contributed by atoms with Crippen LogP contribution in [0.5, 0.6) is 5.75 Å². The van der Waals surface area contributed by atoms with Crippen molar-refractivity contribution in [3.63, 3.8) is 0 Å². The lowest BCUT2D eigenvalue weighted by Crippen LogP contribution is -2.23. The molecule has 0 aliphatic rings. The molecule has 0 radical (unpaired) electrons. The van der Waals surface area contributed by atoms with Gasteiger partial charge in [0.2, 0.25) is 5.91 Å². The number of nitrogens with one attached hydrogen (secondary N) is 1. The third-order valence-corrected chi connectivity index (χ3v) is 3.03. The van der Waals surface area contributed by atoms with Gasteiger partial charge in [0.25, 0.3) is 0 Å². The first-order valence-electron chi connectivity index (χ1n) is 7.21. The number of hydrogen-bond acceptors (Lipinski definition) is 3. The Morgan fingerprint density at radius 1 is 1.27 bits per heavy atom. The van der Waals surface area contributed by atoms with Crippen LogP contribution >= 0.6 is 0 Å². The molecule has 2 aromatic rings. The SMILES string of the molecule is Cc1cccc(CNC(=O)CCCOc2cccc(F)c2)n1. The first-order valence-corrected chi connectivity index (χ1v) is 7.21. The summed E-state index contributed by atoms with van der Waals surface area (Å²) < 4.78 is 18.3. The van der Waals surface area contributed by atoms with Gasteiger partial charge in [-0.05, 0) is 37.6 Å². The summed E-state index contributed by atoms with van der Waals surface area (Å²) in [4.78, 5) is 16.0. The molecule has 5 heteroatoms. The van der Waals surface area contributed by atoms with Crippen LogP contribution in [0.15, 0.2) is 42.5 Å². The molecule has 0 aliphatic carbocycles. The fourth-order valence-corrected chi connectivity index (χ4v) is 1.96. The summed E-state index contributed by atoms with van der Waals surface area (Å²) in [5, 5.41) is 2.82. The highest BCUT2D eigenvalue weighted by atomic mass is 19.1. The lowest BCUT2D eigenvalue weighted by molar-refractivity contribution is -0.121. The molecule has 1 amide bonds. The van der Waals surface area contributed by atoms with Gasteiger partial charge in [-0.25, -0.2) is 4.39 Å². The Balaban J connectivity index is 1.63. The Hall–Kier alpha value is -2.43. The first-order chi connectivity index (χ1) is 10.6. The monoisotopic (exact) mass is 302 g/mol. The van der Waals surface area contributed by atoms with Crippen molar-refractivity contribution in [2.24, 2.45) is 0 Å². The molecule has 0 saturated carbocycles. The van der Waals surface area contributed by atoms with Crippen LogP contribution in [0.3, 0.4) is 0 Å². The number of carbonyl (C=O) groups is 1. The van der Waals surface area contributed by atoms with Crippen LogP contribution in [-0.2, 0) is 11.3 Å². The van der Waals surface area contributed by atoms with Crippen molar-refractivity contribution in [2.45, 2.75) is 26.3 Å². The minimum Gasteiger partial charge on any atom is -0.493 e. The van der Waals surface area contributed by atoms with Gasteiger partial charge in [-0.2, -0.15) is 0 Å². The third-order valence-electron chi connectivity index (χ3n) is 3.03. The highest BCUT2D eigenvalue weighted by Crippen LogP contribution is 2.12. The lowest BCUT2D eigenvalue weighted by Gasteiger charge is -2.07. The Bertz CT molecular complexity index is 632. The molecule has 1 heterocycles. The largest absolute Gasteiger partial charge is 0.493 e. The highest BCUT2D eigenvalue weighted by Gasteiger charge is 2.03. The number of nitrogens with zero attached hydrogens (tertiary/aromatic N) is 1. The topological polar surface area (TPSA) is 51.2 Å². The summed E-state index contributed by atoms with van der Waals surface area (Å²) in [6, 6.07) is 11.7. The van der Waals surface area contributed by atoms with Gasteiger partial charge in [-0.15, -0.1) is 0 Å². The fraction of sp³-hybridized carbons (Fsp3) is 0.294. The van der Waals surface area contributed by atoms with E-state index in [-0.39, 0.29) is 11.7 Å². The third kappa shape index (κ3) is 5.52. The van der Waals surface area contributed by atoms with Crippen molar-refractivity contribution in [1.29, 1.82) is 0 Å². The predicted octanol–water partition coefficient (Wildman–Crippen LogP) is 3.00. The van der Waals surface area contributed by atoms with E-state index in [1.54, 1.807) is 12.1 Å². The van der Waals surface area contributed by atoms with Gasteiger partial charge >= 0.3 is 0 Å². The smallest absolute Gasteiger partial charge is 0.220 e. The van der Waals surface area contributed by atoms with E-state index in [0.717, 1.165) is 11.4 Å². The number of aromatic nitrogens is 1. The zero-order chi connectivity index (χ0) is 15.8. The van der Waals surface area contributed by atoms with E-state index in [1.165, 1.54) is 12.1 Å². The van der Waals surface area contributed by atoms with Gasteiger partial charge in [-0.3, -0.25) is 9.78 Å². The number of hydrogen-bond donors (Lipinski definition) is 1. The fourth-order valence-electron chi connectivity index (χ4n) is 1.96. The quantitative estimate of drug-likeness (QED) is 0.800. The van der Waals surface area contributed by atoms with Gasteiger partial charge in [0, 0.05) is 18.2 Å². The number of ether oxygens (including phenoxy) is 1. The zero-order valence-corrected chi connectivity index (χ0v) is 12.5. The van der Waals surface area contributed by atoms with E-state index in [4.69, 9.17) is 4.74 Å². The second kappa shape index (κ2) is 8.12. The Morgan fingerprint density at radius 3 is 2.86 bits per heavy atom. The molecule has 0 saturated heterocycles. The minimum atomic E-state index is -0.333. The minimum absolute atomic E-state index is 0.0499. The molecule has 1 aromatic carbocycles. The van der Waals surface area contributed by atoms with Gasteiger partial charge in [0.15, 0.2) is 0 Å². The summed E-state index contributed by atoms with van der Waals surface area (Å²) >= 11 is 0. The van der Waals surface area contributed by atoms with E-state index in [9.17, 15) is 9.18 Å². The van der Waals surface area contributed by atoms with Gasteiger partial charge in [-0.1, -0.05) is 12.1 Å². The van der Waals surface area contributed by atoms with E-state index >= 15 is 0 Å². The average molecular weight is 302 g/mol. The molecule has 1 aromatic heterocycles. The van der Waals surface area contributed by atoms with E-state index < -0.39 is 0 Å². The number of benzene rings is 1. The molecule has 0 bridgehead atoms. The van der Waals surface area contributed by atoms with Crippen LogP contribution in [0.2, 0.25) is 0 Å². The molecule has 0 fully saturated rings. The Labute approximate surface area is 129 Å². The van der Waals surface area contributed by atoms with Crippen molar-refractivity contribution in [3.05, 3.63) is 59.7 Å². The average Bonchev–Trinajstić information content (AvgIpc) is 2.50. The van der Waals surface area contributed by atoms with Crippen molar-refractivity contribution in [3.8, 4) is 5.75 Å². The van der Waals surface area contributed by atoms with Crippen LogP contribution < -0.4 is 10.1 Å². The van der Waals surface area contributed by atoms with E-state index in [0.29, 0.717) is 31.7 Å². The molecule has 0 spiro atoms. The van der Waals surface area contributed by atoms with Crippen LogP contribution in [0.25, 0.3) is 0 Å². The van der Waals surface area contributed by atoms with Gasteiger partial charge in [0.05, 0.1) is 18.8 Å². The van der Waals surface area contributed by atoms with Crippen molar-refractivity contribution < 1.29 is 13.9 Å².